The summed E-state index contributed by atoms with van der Waals surface area (Å²) in [5, 5.41) is 28.7. The lowest BCUT2D eigenvalue weighted by Gasteiger charge is -2.42. The van der Waals surface area contributed by atoms with Gasteiger partial charge in [0.1, 0.15) is 6.04 Å². The van der Waals surface area contributed by atoms with Gasteiger partial charge in [-0.15, -0.1) is 0 Å². The summed E-state index contributed by atoms with van der Waals surface area (Å²) in [5.74, 6) is -0.997. The van der Waals surface area contributed by atoms with E-state index in [1.807, 2.05) is 101 Å². The van der Waals surface area contributed by atoms with Gasteiger partial charge in [-0.2, -0.15) is 0 Å². The maximum Gasteiger partial charge on any atom is 0.239 e. The standard InChI is InChI=1S/C37H49N5O4/c1-25(27-12-6-5-7-13-27)31(35(45)39-34-30-15-9-8-14-28(30)19-33(34)44)20-29(43)23-42-18-17-41(22-26-11-10-16-38-21-26)24-32(42)36(46)40-37(2,3)4/h5-16,21,25,29,31-34,43-44H,17-20,22-24H2,1-4H3,(H,39,45)(H,40,46)/t25?,29-,31-,32-,33+,34-/m0/s1. The van der Waals surface area contributed by atoms with Gasteiger partial charge in [0.2, 0.25) is 11.8 Å². The highest BCUT2D eigenvalue weighted by Gasteiger charge is 2.38. The molecule has 3 aromatic rings. The van der Waals surface area contributed by atoms with Crippen molar-refractivity contribution in [3.05, 3.63) is 101 Å². The fourth-order valence-corrected chi connectivity index (χ4v) is 6.86. The number of fused-ring (bicyclic) bond motifs is 1. The van der Waals surface area contributed by atoms with Crippen molar-refractivity contribution in [2.75, 3.05) is 26.2 Å². The molecule has 0 bridgehead atoms. The van der Waals surface area contributed by atoms with E-state index in [1.54, 1.807) is 6.20 Å². The van der Waals surface area contributed by atoms with Crippen molar-refractivity contribution in [3.8, 4) is 0 Å². The molecule has 1 fully saturated rings. The molecule has 46 heavy (non-hydrogen) atoms. The summed E-state index contributed by atoms with van der Waals surface area (Å²) in [6, 6.07) is 20.7. The van der Waals surface area contributed by atoms with Crippen LogP contribution in [0.1, 0.15) is 68.3 Å². The number of carbonyl (C=O) groups is 2. The van der Waals surface area contributed by atoms with Crippen molar-refractivity contribution in [2.24, 2.45) is 5.92 Å². The molecular formula is C37H49N5O4. The van der Waals surface area contributed by atoms with Crippen LogP contribution in [0.2, 0.25) is 0 Å². The van der Waals surface area contributed by atoms with Crippen LogP contribution < -0.4 is 10.6 Å². The Morgan fingerprint density at radius 1 is 1.02 bits per heavy atom. The number of aromatic nitrogens is 1. The number of carbonyl (C=O) groups excluding carboxylic acids is 2. The number of aliphatic hydroxyl groups is 2. The minimum Gasteiger partial charge on any atom is -0.392 e. The average Bonchev–Trinajstić information content (AvgIpc) is 3.34. The van der Waals surface area contributed by atoms with Gasteiger partial charge < -0.3 is 20.8 Å². The van der Waals surface area contributed by atoms with Gasteiger partial charge in [-0.3, -0.25) is 24.4 Å². The number of pyridine rings is 1. The molecule has 1 aliphatic carbocycles. The van der Waals surface area contributed by atoms with E-state index >= 15 is 0 Å². The fourth-order valence-electron chi connectivity index (χ4n) is 6.86. The Labute approximate surface area is 273 Å². The van der Waals surface area contributed by atoms with Crippen LogP contribution in [0, 0.1) is 5.92 Å². The van der Waals surface area contributed by atoms with E-state index in [0.717, 1.165) is 28.8 Å². The Morgan fingerprint density at radius 2 is 1.76 bits per heavy atom. The third kappa shape index (κ3) is 8.59. The normalized spacial score (nSPS) is 22.4. The predicted octanol–water partition coefficient (Wildman–Crippen LogP) is 3.43. The van der Waals surface area contributed by atoms with Gasteiger partial charge in [0, 0.05) is 63.0 Å². The Kier molecular flexibility index (Phi) is 10.9. The zero-order valence-electron chi connectivity index (χ0n) is 27.5. The largest absolute Gasteiger partial charge is 0.392 e. The third-order valence-electron chi connectivity index (χ3n) is 9.24. The summed E-state index contributed by atoms with van der Waals surface area (Å²) in [6.07, 6.45) is 2.76. The number of hydrogen-bond acceptors (Lipinski definition) is 7. The SMILES string of the molecule is CC(c1ccccc1)[C@H](C[C@H](O)CN1CCN(Cc2cccnc2)C[C@H]1C(=O)NC(C)(C)C)C(=O)N[C@H]1c2ccccc2C[C@H]1O. The molecule has 2 aromatic carbocycles. The van der Waals surface area contributed by atoms with Crippen LogP contribution in [0.25, 0.3) is 0 Å². The van der Waals surface area contributed by atoms with Gasteiger partial charge in [0.05, 0.1) is 18.2 Å². The molecule has 1 saturated heterocycles. The second-order valence-electron chi connectivity index (χ2n) is 14.0. The first-order valence-corrected chi connectivity index (χ1v) is 16.4. The summed E-state index contributed by atoms with van der Waals surface area (Å²) < 4.78 is 0. The van der Waals surface area contributed by atoms with Crippen LogP contribution in [-0.2, 0) is 22.6 Å². The summed E-state index contributed by atoms with van der Waals surface area (Å²) in [6.45, 7) is 10.7. The predicted molar refractivity (Wildman–Crippen MR) is 179 cm³/mol. The molecule has 0 saturated carbocycles. The third-order valence-corrected chi connectivity index (χ3v) is 9.24. The first-order valence-electron chi connectivity index (χ1n) is 16.4. The Bertz CT molecular complexity index is 1450. The monoisotopic (exact) mass is 627 g/mol. The highest BCUT2D eigenvalue weighted by Crippen LogP contribution is 2.34. The number of amides is 2. The molecule has 4 N–H and O–H groups in total. The van der Waals surface area contributed by atoms with Gasteiger partial charge in [-0.05, 0) is 61.4 Å². The van der Waals surface area contributed by atoms with Crippen LogP contribution in [0.15, 0.2) is 79.1 Å². The van der Waals surface area contributed by atoms with Gasteiger partial charge in [0.25, 0.3) is 0 Å². The second kappa shape index (κ2) is 14.9. The summed E-state index contributed by atoms with van der Waals surface area (Å²) in [7, 11) is 0. The molecule has 1 unspecified atom stereocenters. The average molecular weight is 628 g/mol. The lowest BCUT2D eigenvalue weighted by Crippen LogP contribution is -2.62. The van der Waals surface area contributed by atoms with Gasteiger partial charge in [-0.25, -0.2) is 0 Å². The fraction of sp³-hybridized carbons (Fsp3) is 0.486. The van der Waals surface area contributed by atoms with E-state index in [9.17, 15) is 19.8 Å². The number of nitrogens with zero attached hydrogens (tertiary/aromatic N) is 3. The summed E-state index contributed by atoms with van der Waals surface area (Å²) in [4.78, 5) is 36.2. The van der Waals surface area contributed by atoms with E-state index < -0.39 is 35.7 Å². The zero-order valence-corrected chi connectivity index (χ0v) is 27.5. The molecular weight excluding hydrogens is 578 g/mol. The van der Waals surface area contributed by atoms with Crippen molar-refractivity contribution < 1.29 is 19.8 Å². The molecule has 9 heteroatoms. The number of hydrogen-bond donors (Lipinski definition) is 4. The van der Waals surface area contributed by atoms with Crippen molar-refractivity contribution in [3.63, 3.8) is 0 Å². The molecule has 2 amide bonds. The van der Waals surface area contributed by atoms with E-state index in [4.69, 9.17) is 0 Å². The Morgan fingerprint density at radius 3 is 2.48 bits per heavy atom. The van der Waals surface area contributed by atoms with E-state index in [2.05, 4.69) is 25.4 Å². The number of benzene rings is 2. The first-order chi connectivity index (χ1) is 22.0. The number of β-amino-alcohol motifs (C(OH)–C–C–N with tert-alkyl or cyclic N) is 1. The summed E-state index contributed by atoms with van der Waals surface area (Å²) >= 11 is 0. The molecule has 246 valence electrons. The topological polar surface area (TPSA) is 118 Å². The number of piperazine rings is 1. The zero-order chi connectivity index (χ0) is 32.8. The lowest BCUT2D eigenvalue weighted by atomic mass is 9.82. The maximum atomic E-state index is 14.0. The van der Waals surface area contributed by atoms with Crippen molar-refractivity contribution in [1.29, 1.82) is 0 Å². The van der Waals surface area contributed by atoms with Gasteiger partial charge in [0.15, 0.2) is 0 Å². The van der Waals surface area contributed by atoms with Crippen molar-refractivity contribution >= 4 is 11.8 Å². The minimum atomic E-state index is -0.850. The van der Waals surface area contributed by atoms with Crippen LogP contribution >= 0.6 is 0 Å². The molecule has 0 radical (unpaired) electrons. The molecule has 5 rings (SSSR count). The molecule has 1 aliphatic heterocycles. The second-order valence-corrected chi connectivity index (χ2v) is 14.0. The van der Waals surface area contributed by atoms with E-state index in [1.165, 1.54) is 0 Å². The summed E-state index contributed by atoms with van der Waals surface area (Å²) in [5.41, 5.74) is 3.67. The molecule has 2 heterocycles. The van der Waals surface area contributed by atoms with E-state index in [0.29, 0.717) is 26.1 Å². The van der Waals surface area contributed by atoms with E-state index in [-0.39, 0.29) is 30.7 Å². The van der Waals surface area contributed by atoms with Gasteiger partial charge >= 0.3 is 0 Å². The molecule has 2 aliphatic rings. The quantitative estimate of drug-likeness (QED) is 0.257. The first kappa shape index (κ1) is 33.7. The van der Waals surface area contributed by atoms with Crippen LogP contribution in [0.5, 0.6) is 0 Å². The molecule has 6 atom stereocenters. The highest BCUT2D eigenvalue weighted by atomic mass is 16.3. The molecule has 0 spiro atoms. The number of nitrogens with one attached hydrogen (secondary N) is 2. The minimum absolute atomic E-state index is 0.0728. The smallest absolute Gasteiger partial charge is 0.239 e. The van der Waals surface area contributed by atoms with Crippen molar-refractivity contribution in [2.45, 2.75) is 82.8 Å². The lowest BCUT2D eigenvalue weighted by molar-refractivity contribution is -0.132. The number of aliphatic hydroxyl groups excluding tert-OH is 2. The molecule has 1 aromatic heterocycles. The van der Waals surface area contributed by atoms with Crippen LogP contribution in [0.3, 0.4) is 0 Å². The molecule has 9 nitrogen and oxygen atoms in total. The Hall–Kier alpha value is -3.63. The highest BCUT2D eigenvalue weighted by molar-refractivity contribution is 5.83. The van der Waals surface area contributed by atoms with Crippen molar-refractivity contribution in [1.82, 2.24) is 25.4 Å². The van der Waals surface area contributed by atoms with Gasteiger partial charge in [-0.1, -0.05) is 67.6 Å². The van der Waals surface area contributed by atoms with Crippen LogP contribution in [-0.4, -0.2) is 86.8 Å². The van der Waals surface area contributed by atoms with Crippen LogP contribution in [0.4, 0.5) is 0 Å². The Balaban J connectivity index is 1.31. The number of rotatable bonds is 11. The maximum absolute atomic E-state index is 14.0.